The monoisotopic (exact) mass is 284 g/mol. The third-order valence-electron chi connectivity index (χ3n) is 2.56. The Bertz CT molecular complexity index is 657. The lowest BCUT2D eigenvalue weighted by atomic mass is 10.1. The molecule has 21 heavy (non-hydrogen) atoms. The summed E-state index contributed by atoms with van der Waals surface area (Å²) >= 11 is 0. The quantitative estimate of drug-likeness (QED) is 0.481. The Kier molecular flexibility index (Phi) is 5.73. The summed E-state index contributed by atoms with van der Waals surface area (Å²) in [6.45, 7) is 0. The summed E-state index contributed by atoms with van der Waals surface area (Å²) in [6.07, 6.45) is -0.785. The number of methoxy groups -OCH3 is 2. The zero-order chi connectivity index (χ0) is 15.8. The molecule has 1 aromatic carbocycles. The molecule has 7 nitrogen and oxygen atoms in total. The first-order valence-electron chi connectivity index (χ1n) is 5.71. The van der Waals surface area contributed by atoms with E-state index in [4.69, 9.17) is 25.3 Å². The van der Waals surface area contributed by atoms with Gasteiger partial charge in [-0.05, 0) is 18.2 Å². The van der Waals surface area contributed by atoms with Crippen molar-refractivity contribution in [2.75, 3.05) is 19.5 Å². The minimum absolute atomic E-state index is 0.0440. The molecule has 0 aliphatic carbocycles. The molecule has 1 aromatic rings. The first-order chi connectivity index (χ1) is 10.1. The fourth-order valence-electron chi connectivity index (χ4n) is 1.60. The van der Waals surface area contributed by atoms with Gasteiger partial charge in [-0.2, -0.15) is 15.8 Å². The van der Waals surface area contributed by atoms with Gasteiger partial charge in [0.2, 0.25) is 0 Å². The number of rotatable bonds is 5. The van der Waals surface area contributed by atoms with E-state index in [1.807, 2.05) is 0 Å². The summed E-state index contributed by atoms with van der Waals surface area (Å²) in [5, 5.41) is 39.0. The molecule has 0 aliphatic rings. The van der Waals surface area contributed by atoms with Crippen molar-refractivity contribution in [3.05, 3.63) is 35.0 Å². The van der Waals surface area contributed by atoms with Crippen LogP contribution in [0.15, 0.2) is 29.5 Å². The molecule has 0 atom stereocenters. The number of hydrogen-bond donors (Lipinski definition) is 2. The minimum Gasteiger partial charge on any atom is -0.507 e. The van der Waals surface area contributed by atoms with Gasteiger partial charge in [0.1, 0.15) is 29.7 Å². The molecule has 0 bridgehead atoms. The number of anilines is 1. The van der Waals surface area contributed by atoms with E-state index in [1.165, 1.54) is 32.4 Å². The molecule has 0 unspecified atom stereocenters. The lowest BCUT2D eigenvalue weighted by Crippen LogP contribution is -2.06. The largest absolute Gasteiger partial charge is 0.507 e. The maximum absolute atomic E-state index is 9.79. The molecular weight excluding hydrogens is 272 g/mol. The first-order valence-corrected chi connectivity index (χ1v) is 5.71. The Hall–Kier alpha value is -3.05. The zero-order valence-corrected chi connectivity index (χ0v) is 11.4. The molecule has 0 aromatic heterocycles. The third kappa shape index (κ3) is 3.71. The number of ether oxygens (including phenoxy) is 2. The second-order valence-electron chi connectivity index (χ2n) is 3.79. The van der Waals surface area contributed by atoms with Crippen LogP contribution in [0.4, 0.5) is 5.69 Å². The fourth-order valence-corrected chi connectivity index (χ4v) is 1.60. The van der Waals surface area contributed by atoms with Crippen LogP contribution in [0.2, 0.25) is 0 Å². The van der Waals surface area contributed by atoms with Gasteiger partial charge in [-0.1, -0.05) is 0 Å². The predicted octanol–water partition coefficient (Wildman–Crippen LogP) is 1.92. The molecule has 0 spiro atoms. The third-order valence-corrected chi connectivity index (χ3v) is 2.56. The summed E-state index contributed by atoms with van der Waals surface area (Å²) in [5.74, 6) is -0.0440. The molecule has 0 saturated heterocycles. The molecule has 7 heteroatoms. The van der Waals surface area contributed by atoms with E-state index in [2.05, 4.69) is 5.32 Å². The van der Waals surface area contributed by atoms with E-state index < -0.39 is 6.29 Å². The smallest absolute Gasteiger partial charge is 0.186 e. The van der Waals surface area contributed by atoms with Gasteiger partial charge in [-0.15, -0.1) is 0 Å². The van der Waals surface area contributed by atoms with Gasteiger partial charge in [-0.3, -0.25) is 0 Å². The van der Waals surface area contributed by atoms with Crippen LogP contribution in [0, 0.1) is 34.0 Å². The highest BCUT2D eigenvalue weighted by Crippen LogP contribution is 2.30. The van der Waals surface area contributed by atoms with Gasteiger partial charge < -0.3 is 19.9 Å². The van der Waals surface area contributed by atoms with Gasteiger partial charge >= 0.3 is 0 Å². The number of nitriles is 3. The Morgan fingerprint density at radius 2 is 1.76 bits per heavy atom. The van der Waals surface area contributed by atoms with Crippen LogP contribution in [0.1, 0.15) is 11.9 Å². The lowest BCUT2D eigenvalue weighted by molar-refractivity contribution is -0.106. The van der Waals surface area contributed by atoms with E-state index >= 15 is 0 Å². The number of hydrogen-bond acceptors (Lipinski definition) is 7. The van der Waals surface area contributed by atoms with Crippen molar-refractivity contribution >= 4 is 5.69 Å². The second-order valence-corrected chi connectivity index (χ2v) is 3.79. The minimum atomic E-state index is -0.785. The van der Waals surface area contributed by atoms with Crippen LogP contribution in [0.25, 0.3) is 0 Å². The van der Waals surface area contributed by atoms with Crippen molar-refractivity contribution in [3.63, 3.8) is 0 Å². The molecule has 0 heterocycles. The number of phenolic OH excluding ortho intramolecular Hbond substituents is 1. The maximum atomic E-state index is 9.79. The fraction of sp³-hybridized carbons (Fsp3) is 0.214. The topological polar surface area (TPSA) is 122 Å². The van der Waals surface area contributed by atoms with Crippen molar-refractivity contribution < 1.29 is 14.6 Å². The van der Waals surface area contributed by atoms with Crippen molar-refractivity contribution in [1.29, 1.82) is 15.8 Å². The van der Waals surface area contributed by atoms with E-state index in [0.29, 0.717) is 11.3 Å². The zero-order valence-electron chi connectivity index (χ0n) is 11.4. The van der Waals surface area contributed by atoms with Gasteiger partial charge in [0, 0.05) is 19.9 Å². The first kappa shape index (κ1) is 16.0. The maximum Gasteiger partial charge on any atom is 0.186 e. The molecule has 0 aliphatic heterocycles. The molecule has 0 radical (unpaired) electrons. The van der Waals surface area contributed by atoms with Crippen molar-refractivity contribution in [3.8, 4) is 24.0 Å². The van der Waals surface area contributed by atoms with Gasteiger partial charge in [0.25, 0.3) is 0 Å². The van der Waals surface area contributed by atoms with Crippen LogP contribution in [0.5, 0.6) is 5.75 Å². The van der Waals surface area contributed by atoms with Crippen molar-refractivity contribution in [2.24, 2.45) is 0 Å². The van der Waals surface area contributed by atoms with Crippen LogP contribution in [0.3, 0.4) is 0 Å². The van der Waals surface area contributed by atoms with Gasteiger partial charge in [0.15, 0.2) is 11.9 Å². The number of phenols is 1. The second kappa shape index (κ2) is 7.52. The molecule has 0 fully saturated rings. The summed E-state index contributed by atoms with van der Waals surface area (Å²) in [6, 6.07) is 9.37. The van der Waals surface area contributed by atoms with Gasteiger partial charge in [0.05, 0.1) is 5.56 Å². The van der Waals surface area contributed by atoms with E-state index in [9.17, 15) is 5.11 Å². The Morgan fingerprint density at radius 1 is 1.14 bits per heavy atom. The van der Waals surface area contributed by atoms with Crippen molar-refractivity contribution in [2.45, 2.75) is 6.29 Å². The summed E-state index contributed by atoms with van der Waals surface area (Å²) in [7, 11) is 2.83. The summed E-state index contributed by atoms with van der Waals surface area (Å²) in [5.41, 5.74) is 0.240. The number of allylic oxidation sites excluding steroid dienone is 2. The predicted molar refractivity (Wildman–Crippen MR) is 72.4 cm³/mol. The Labute approximate surface area is 121 Å². The number of nitrogens with zero attached hydrogens (tertiary/aromatic N) is 3. The highest BCUT2D eigenvalue weighted by Gasteiger charge is 2.15. The average Bonchev–Trinajstić information content (AvgIpc) is 2.51. The molecule has 106 valence electrons. The van der Waals surface area contributed by atoms with E-state index in [0.717, 1.165) is 0 Å². The average molecular weight is 284 g/mol. The normalized spacial score (nSPS) is 9.33. The van der Waals surface area contributed by atoms with E-state index in [-0.39, 0.29) is 17.0 Å². The molecule has 0 amide bonds. The standard InChI is InChI=1S/C14H12N4O3/c1-20-14(21-2)11-5-10(3-4-13(11)19)18-12(8-17)9(6-15)7-16/h3-5,14,18-19H,1-2H3. The summed E-state index contributed by atoms with van der Waals surface area (Å²) < 4.78 is 10.1. The molecule has 2 N–H and O–H groups in total. The highest BCUT2D eigenvalue weighted by molar-refractivity contribution is 5.60. The van der Waals surface area contributed by atoms with Gasteiger partial charge in [-0.25, -0.2) is 0 Å². The van der Waals surface area contributed by atoms with E-state index in [1.54, 1.807) is 18.2 Å². The molecular formula is C14H12N4O3. The van der Waals surface area contributed by atoms with Crippen LogP contribution >= 0.6 is 0 Å². The van der Waals surface area contributed by atoms with Crippen LogP contribution in [-0.4, -0.2) is 19.3 Å². The Morgan fingerprint density at radius 3 is 2.24 bits per heavy atom. The molecule has 0 saturated carbocycles. The van der Waals surface area contributed by atoms with Crippen LogP contribution in [-0.2, 0) is 9.47 Å². The highest BCUT2D eigenvalue weighted by atomic mass is 16.7. The lowest BCUT2D eigenvalue weighted by Gasteiger charge is -2.16. The SMILES string of the molecule is COC(OC)c1cc(NC(C#N)=C(C#N)C#N)ccc1O. The number of aromatic hydroxyl groups is 1. The summed E-state index contributed by atoms with van der Waals surface area (Å²) in [4.78, 5) is 0. The Balaban J connectivity index is 3.21. The number of benzene rings is 1. The van der Waals surface area contributed by atoms with Crippen molar-refractivity contribution in [1.82, 2.24) is 0 Å². The number of nitrogens with one attached hydrogen (secondary N) is 1. The van der Waals surface area contributed by atoms with Crippen LogP contribution < -0.4 is 5.32 Å². The molecule has 1 rings (SSSR count).